The van der Waals surface area contributed by atoms with Gasteiger partial charge in [0.1, 0.15) is 5.82 Å². The Morgan fingerprint density at radius 1 is 1.56 bits per heavy atom. The topological polar surface area (TPSA) is 71.5 Å². The molecule has 0 saturated heterocycles. The summed E-state index contributed by atoms with van der Waals surface area (Å²) in [6, 6.07) is 3.47. The molecule has 1 heterocycles. The van der Waals surface area contributed by atoms with E-state index in [1.807, 2.05) is 0 Å². The normalized spacial score (nSPS) is 22.8. The highest BCUT2D eigenvalue weighted by molar-refractivity contribution is 5.89. The number of anilines is 1. The maximum atomic E-state index is 11.4. The summed E-state index contributed by atoms with van der Waals surface area (Å²) < 4.78 is 4.88. The van der Waals surface area contributed by atoms with Crippen LogP contribution >= 0.6 is 0 Å². The molecule has 0 aromatic carbocycles. The average Bonchev–Trinajstić information content (AvgIpc) is 2.76. The second kappa shape index (κ2) is 5.82. The number of aliphatic hydroxyl groups is 1. The van der Waals surface area contributed by atoms with Crippen molar-refractivity contribution in [1.29, 1.82) is 0 Å². The molecule has 98 valence electrons. The van der Waals surface area contributed by atoms with E-state index in [0.29, 0.717) is 18.0 Å². The number of rotatable bonds is 4. The lowest BCUT2D eigenvalue weighted by atomic mass is 10.2. The molecule has 18 heavy (non-hydrogen) atoms. The number of esters is 1. The Kier molecular flexibility index (Phi) is 4.15. The maximum Gasteiger partial charge on any atom is 0.339 e. The molecule has 2 atom stereocenters. The Labute approximate surface area is 106 Å². The fourth-order valence-corrected chi connectivity index (χ4v) is 2.11. The molecule has 0 unspecified atom stereocenters. The number of nitrogens with one attached hydrogen (secondary N) is 1. The SMILES string of the molecule is CCOC(=O)c1ccc(N[C@@H]2CCC[C@@H]2O)nc1. The van der Waals surface area contributed by atoms with Crippen LogP contribution in [0.1, 0.15) is 36.5 Å². The molecule has 1 aromatic rings. The largest absolute Gasteiger partial charge is 0.462 e. The van der Waals surface area contributed by atoms with Crippen molar-refractivity contribution in [3.05, 3.63) is 23.9 Å². The molecule has 0 aliphatic heterocycles. The minimum Gasteiger partial charge on any atom is -0.462 e. The highest BCUT2D eigenvalue weighted by Crippen LogP contribution is 2.22. The predicted octanol–water partition coefficient (Wildman–Crippen LogP) is 1.58. The van der Waals surface area contributed by atoms with Crippen LogP contribution in [0.15, 0.2) is 18.3 Å². The average molecular weight is 250 g/mol. The Morgan fingerprint density at radius 2 is 2.39 bits per heavy atom. The monoisotopic (exact) mass is 250 g/mol. The van der Waals surface area contributed by atoms with E-state index in [1.54, 1.807) is 19.1 Å². The number of pyridine rings is 1. The van der Waals surface area contributed by atoms with Gasteiger partial charge < -0.3 is 15.2 Å². The lowest BCUT2D eigenvalue weighted by molar-refractivity contribution is 0.0526. The molecule has 0 amide bonds. The highest BCUT2D eigenvalue weighted by Gasteiger charge is 2.25. The molecular weight excluding hydrogens is 232 g/mol. The second-order valence-corrected chi connectivity index (χ2v) is 4.40. The van der Waals surface area contributed by atoms with Gasteiger partial charge in [0.2, 0.25) is 0 Å². The molecule has 1 aromatic heterocycles. The molecule has 1 aliphatic carbocycles. The molecule has 2 N–H and O–H groups in total. The predicted molar refractivity (Wildman–Crippen MR) is 67.5 cm³/mol. The lowest BCUT2D eigenvalue weighted by Gasteiger charge is -2.16. The van der Waals surface area contributed by atoms with Crippen LogP contribution in [-0.4, -0.2) is 34.8 Å². The first-order valence-electron chi connectivity index (χ1n) is 6.28. The van der Waals surface area contributed by atoms with Crippen molar-refractivity contribution in [3.63, 3.8) is 0 Å². The number of carbonyl (C=O) groups excluding carboxylic acids is 1. The molecule has 5 heteroatoms. The van der Waals surface area contributed by atoms with E-state index in [9.17, 15) is 9.90 Å². The minimum atomic E-state index is -0.363. The molecule has 0 spiro atoms. The van der Waals surface area contributed by atoms with Crippen molar-refractivity contribution in [2.45, 2.75) is 38.3 Å². The van der Waals surface area contributed by atoms with Crippen molar-refractivity contribution >= 4 is 11.8 Å². The van der Waals surface area contributed by atoms with Crippen LogP contribution in [0.5, 0.6) is 0 Å². The zero-order valence-electron chi connectivity index (χ0n) is 10.4. The molecule has 0 bridgehead atoms. The van der Waals surface area contributed by atoms with Gasteiger partial charge in [-0.3, -0.25) is 0 Å². The summed E-state index contributed by atoms with van der Waals surface area (Å²) in [7, 11) is 0. The molecule has 5 nitrogen and oxygen atoms in total. The third kappa shape index (κ3) is 2.98. The van der Waals surface area contributed by atoms with Crippen molar-refractivity contribution in [2.75, 3.05) is 11.9 Å². The van der Waals surface area contributed by atoms with Gasteiger partial charge in [-0.1, -0.05) is 0 Å². The van der Waals surface area contributed by atoms with Gasteiger partial charge in [-0.15, -0.1) is 0 Å². The number of carbonyl (C=O) groups is 1. The standard InChI is InChI=1S/C13H18N2O3/c1-2-18-13(17)9-6-7-12(14-8-9)15-10-4-3-5-11(10)16/h6-8,10-11,16H,2-5H2,1H3,(H,14,15)/t10-,11+/m1/s1. The van der Waals surface area contributed by atoms with Crippen LogP contribution in [0.4, 0.5) is 5.82 Å². The Morgan fingerprint density at radius 3 is 2.94 bits per heavy atom. The number of hydrogen-bond acceptors (Lipinski definition) is 5. The van der Waals surface area contributed by atoms with Gasteiger partial charge >= 0.3 is 5.97 Å². The van der Waals surface area contributed by atoms with Gasteiger partial charge in [-0.25, -0.2) is 9.78 Å². The van der Waals surface area contributed by atoms with Crippen molar-refractivity contribution in [2.24, 2.45) is 0 Å². The first kappa shape index (κ1) is 12.8. The zero-order chi connectivity index (χ0) is 13.0. The summed E-state index contributed by atoms with van der Waals surface area (Å²) in [5.74, 6) is 0.312. The van der Waals surface area contributed by atoms with Crippen molar-refractivity contribution in [1.82, 2.24) is 4.98 Å². The minimum absolute atomic E-state index is 0.0611. The number of hydrogen-bond donors (Lipinski definition) is 2. The van der Waals surface area contributed by atoms with Crippen LogP contribution in [-0.2, 0) is 4.74 Å². The Balaban J connectivity index is 1.97. The Bertz CT molecular complexity index is 405. The second-order valence-electron chi connectivity index (χ2n) is 4.40. The van der Waals surface area contributed by atoms with Gasteiger partial charge in [0.05, 0.1) is 24.3 Å². The van der Waals surface area contributed by atoms with Gasteiger partial charge in [0.25, 0.3) is 0 Å². The van der Waals surface area contributed by atoms with Gasteiger partial charge in [0, 0.05) is 6.20 Å². The van der Waals surface area contributed by atoms with E-state index < -0.39 is 0 Å². The van der Waals surface area contributed by atoms with Gasteiger partial charge in [-0.2, -0.15) is 0 Å². The van der Waals surface area contributed by atoms with E-state index >= 15 is 0 Å². The zero-order valence-corrected chi connectivity index (χ0v) is 10.4. The first-order chi connectivity index (χ1) is 8.70. The molecule has 0 radical (unpaired) electrons. The van der Waals surface area contributed by atoms with Gasteiger partial charge in [-0.05, 0) is 38.3 Å². The smallest absolute Gasteiger partial charge is 0.339 e. The molecular formula is C13H18N2O3. The summed E-state index contributed by atoms with van der Waals surface area (Å²) in [5, 5.41) is 12.9. The third-order valence-corrected chi connectivity index (χ3v) is 3.09. The lowest BCUT2D eigenvalue weighted by Crippen LogP contribution is -2.28. The quantitative estimate of drug-likeness (QED) is 0.794. The fraction of sp³-hybridized carbons (Fsp3) is 0.538. The summed E-state index contributed by atoms with van der Waals surface area (Å²) in [6.07, 6.45) is 3.99. The first-order valence-corrected chi connectivity index (χ1v) is 6.28. The van der Waals surface area contributed by atoms with Crippen molar-refractivity contribution in [3.8, 4) is 0 Å². The summed E-state index contributed by atoms with van der Waals surface area (Å²) in [6.45, 7) is 2.12. The van der Waals surface area contributed by atoms with E-state index in [-0.39, 0.29) is 18.1 Å². The van der Waals surface area contributed by atoms with Crippen LogP contribution in [0.2, 0.25) is 0 Å². The molecule has 1 saturated carbocycles. The molecule has 1 aliphatic rings. The van der Waals surface area contributed by atoms with Crippen LogP contribution in [0.25, 0.3) is 0 Å². The van der Waals surface area contributed by atoms with Gasteiger partial charge in [0.15, 0.2) is 0 Å². The number of ether oxygens (including phenoxy) is 1. The maximum absolute atomic E-state index is 11.4. The molecule has 2 rings (SSSR count). The Hall–Kier alpha value is -1.62. The van der Waals surface area contributed by atoms with E-state index in [4.69, 9.17) is 4.74 Å². The van der Waals surface area contributed by atoms with E-state index in [2.05, 4.69) is 10.3 Å². The van der Waals surface area contributed by atoms with Crippen LogP contribution in [0, 0.1) is 0 Å². The number of aliphatic hydroxyl groups excluding tert-OH is 1. The van der Waals surface area contributed by atoms with E-state index in [1.165, 1.54) is 6.20 Å². The highest BCUT2D eigenvalue weighted by atomic mass is 16.5. The summed E-state index contributed by atoms with van der Waals surface area (Å²) in [5.41, 5.74) is 0.439. The molecule has 1 fully saturated rings. The van der Waals surface area contributed by atoms with Crippen LogP contribution in [0.3, 0.4) is 0 Å². The number of nitrogens with zero attached hydrogens (tertiary/aromatic N) is 1. The summed E-state index contributed by atoms with van der Waals surface area (Å²) >= 11 is 0. The fourth-order valence-electron chi connectivity index (χ4n) is 2.11. The van der Waals surface area contributed by atoms with E-state index in [0.717, 1.165) is 19.3 Å². The summed E-state index contributed by atoms with van der Waals surface area (Å²) in [4.78, 5) is 15.6. The third-order valence-electron chi connectivity index (χ3n) is 3.09. The number of aromatic nitrogens is 1. The van der Waals surface area contributed by atoms with Crippen molar-refractivity contribution < 1.29 is 14.6 Å². The van der Waals surface area contributed by atoms with Crippen LogP contribution < -0.4 is 5.32 Å².